The highest BCUT2D eigenvalue weighted by molar-refractivity contribution is 7.13. The third-order valence-corrected chi connectivity index (χ3v) is 7.22. The van der Waals surface area contributed by atoms with Crippen LogP contribution in [0, 0.1) is 5.82 Å². The summed E-state index contributed by atoms with van der Waals surface area (Å²) in [6, 6.07) is 11.7. The van der Waals surface area contributed by atoms with E-state index in [2.05, 4.69) is 37.7 Å². The van der Waals surface area contributed by atoms with Crippen molar-refractivity contribution in [3.63, 3.8) is 0 Å². The molecule has 2 aliphatic rings. The van der Waals surface area contributed by atoms with Crippen molar-refractivity contribution in [2.75, 3.05) is 42.9 Å². The molecule has 0 radical (unpaired) electrons. The van der Waals surface area contributed by atoms with Crippen LogP contribution in [0.25, 0.3) is 10.1 Å². The summed E-state index contributed by atoms with van der Waals surface area (Å²) < 4.78 is 20.5. The first-order chi connectivity index (χ1) is 14.4. The number of benzene rings is 2. The molecule has 0 spiro atoms. The summed E-state index contributed by atoms with van der Waals surface area (Å²) in [6.07, 6.45) is 0.642. The molecule has 156 valence electrons. The Balaban J connectivity index is 1.23. The topological polar surface area (TPSA) is 48.5 Å². The number of amides is 1. The van der Waals surface area contributed by atoms with E-state index in [1.807, 2.05) is 26.0 Å². The highest BCUT2D eigenvalue weighted by Gasteiger charge is 2.39. The summed E-state index contributed by atoms with van der Waals surface area (Å²) in [5, 5.41) is 4.02. The molecule has 1 aromatic heterocycles. The average Bonchev–Trinajstić information content (AvgIpc) is 3.26. The number of hydrogen-bond acceptors (Lipinski definition) is 5. The minimum absolute atomic E-state index is 0.0697. The Kier molecular flexibility index (Phi) is 4.75. The number of rotatable bonds is 4. The fourth-order valence-corrected chi connectivity index (χ4v) is 5.19. The maximum atomic E-state index is 14.6. The van der Waals surface area contributed by atoms with Gasteiger partial charge in [0.25, 0.3) is 0 Å². The van der Waals surface area contributed by atoms with E-state index in [0.717, 1.165) is 44.1 Å². The fraction of sp³-hybridized carbons (Fsp3) is 0.391. The first-order valence-corrected chi connectivity index (χ1v) is 11.2. The maximum absolute atomic E-state index is 14.6. The van der Waals surface area contributed by atoms with Crippen LogP contribution in [0.5, 0.6) is 0 Å². The molecule has 5 nitrogen and oxygen atoms in total. The Morgan fingerprint density at radius 2 is 1.93 bits per heavy atom. The third kappa shape index (κ3) is 3.26. The monoisotopic (exact) mass is 424 g/mol. The lowest BCUT2D eigenvalue weighted by Crippen LogP contribution is -2.47. The van der Waals surface area contributed by atoms with Crippen LogP contribution in [-0.2, 0) is 16.6 Å². The molecule has 0 unspecified atom stereocenters. The number of fused-ring (bicyclic) bond motifs is 2. The van der Waals surface area contributed by atoms with Crippen LogP contribution in [0.1, 0.15) is 25.0 Å². The number of aromatic nitrogens is 1. The molecular weight excluding hydrogens is 399 g/mol. The van der Waals surface area contributed by atoms with Gasteiger partial charge in [0.2, 0.25) is 5.91 Å². The van der Waals surface area contributed by atoms with Gasteiger partial charge in [-0.3, -0.25) is 9.69 Å². The first kappa shape index (κ1) is 19.5. The molecule has 1 fully saturated rings. The normalized spacial score (nSPS) is 18.6. The van der Waals surface area contributed by atoms with Crippen molar-refractivity contribution in [3.05, 3.63) is 53.3 Å². The van der Waals surface area contributed by atoms with Crippen molar-refractivity contribution in [3.8, 4) is 0 Å². The van der Waals surface area contributed by atoms with E-state index >= 15 is 0 Å². The van der Waals surface area contributed by atoms with Gasteiger partial charge >= 0.3 is 0 Å². The van der Waals surface area contributed by atoms with E-state index in [4.69, 9.17) is 0 Å². The zero-order valence-electron chi connectivity index (χ0n) is 17.2. The molecule has 2 aromatic carbocycles. The van der Waals surface area contributed by atoms with Crippen LogP contribution >= 0.6 is 11.5 Å². The van der Waals surface area contributed by atoms with E-state index in [0.29, 0.717) is 17.7 Å². The van der Waals surface area contributed by atoms with Crippen molar-refractivity contribution >= 4 is 39.0 Å². The van der Waals surface area contributed by atoms with Crippen molar-refractivity contribution in [2.45, 2.75) is 25.7 Å². The molecule has 0 atom stereocenters. The molecule has 0 aliphatic carbocycles. The third-order valence-electron chi connectivity index (χ3n) is 6.40. The zero-order chi connectivity index (χ0) is 20.9. The lowest BCUT2D eigenvalue weighted by molar-refractivity contribution is -0.119. The maximum Gasteiger partial charge on any atom is 0.234 e. The van der Waals surface area contributed by atoms with Gasteiger partial charge in [-0.25, -0.2) is 4.39 Å². The quantitative estimate of drug-likeness (QED) is 0.687. The Morgan fingerprint density at radius 3 is 2.73 bits per heavy atom. The predicted octanol–water partition coefficient (Wildman–Crippen LogP) is 4.03. The Hall–Kier alpha value is -2.51. The number of halogens is 1. The van der Waals surface area contributed by atoms with Gasteiger partial charge in [0.1, 0.15) is 11.6 Å². The standard InChI is InChI=1S/C23H25FN4OS/c1-23(2)17-13-15(18(24)14-19(17)25-22(23)29)7-8-27-9-11-28(12-10-27)21-16-5-3-4-6-20(16)30-26-21/h3-6,13-14H,7-12H2,1-2H3,(H,25,29). The Bertz CT molecular complexity index is 1120. The summed E-state index contributed by atoms with van der Waals surface area (Å²) in [5.41, 5.74) is 1.57. The van der Waals surface area contributed by atoms with E-state index < -0.39 is 5.41 Å². The lowest BCUT2D eigenvalue weighted by atomic mass is 9.85. The number of hydrogen-bond donors (Lipinski definition) is 1. The number of nitrogens with zero attached hydrogens (tertiary/aromatic N) is 3. The van der Waals surface area contributed by atoms with Gasteiger partial charge in [0, 0.05) is 43.8 Å². The largest absolute Gasteiger partial charge is 0.353 e. The molecule has 1 amide bonds. The summed E-state index contributed by atoms with van der Waals surface area (Å²) in [7, 11) is 0. The Labute approximate surface area is 179 Å². The highest BCUT2D eigenvalue weighted by atomic mass is 32.1. The summed E-state index contributed by atoms with van der Waals surface area (Å²) in [4.78, 5) is 16.9. The minimum atomic E-state index is -0.611. The van der Waals surface area contributed by atoms with Gasteiger partial charge in [-0.1, -0.05) is 12.1 Å². The van der Waals surface area contributed by atoms with Crippen LogP contribution < -0.4 is 10.2 Å². The average molecular weight is 425 g/mol. The number of nitrogens with one attached hydrogen (secondary N) is 1. The smallest absolute Gasteiger partial charge is 0.234 e. The van der Waals surface area contributed by atoms with Crippen molar-refractivity contribution in [1.29, 1.82) is 0 Å². The lowest BCUT2D eigenvalue weighted by Gasteiger charge is -2.35. The number of carbonyl (C=O) groups excluding carboxylic acids is 1. The van der Waals surface area contributed by atoms with Gasteiger partial charge in [0.05, 0.1) is 10.1 Å². The van der Waals surface area contributed by atoms with Crippen LogP contribution in [0.4, 0.5) is 15.9 Å². The van der Waals surface area contributed by atoms with E-state index in [1.54, 1.807) is 11.5 Å². The van der Waals surface area contributed by atoms with Gasteiger partial charge in [-0.05, 0) is 67.2 Å². The second-order valence-corrected chi connectivity index (χ2v) is 9.45. The molecule has 3 heterocycles. The molecule has 7 heteroatoms. The van der Waals surface area contributed by atoms with Crippen molar-refractivity contribution in [2.24, 2.45) is 0 Å². The SMILES string of the molecule is CC1(C)C(=O)Nc2cc(F)c(CCN3CCN(c4nsc5ccccc45)CC3)cc21. The molecule has 1 saturated heterocycles. The minimum Gasteiger partial charge on any atom is -0.353 e. The van der Waals surface area contributed by atoms with Crippen molar-refractivity contribution < 1.29 is 9.18 Å². The van der Waals surface area contributed by atoms with Gasteiger partial charge in [0.15, 0.2) is 0 Å². The molecule has 5 rings (SSSR count). The second-order valence-electron chi connectivity index (χ2n) is 8.65. The predicted molar refractivity (Wildman–Crippen MR) is 120 cm³/mol. The van der Waals surface area contributed by atoms with Crippen molar-refractivity contribution in [1.82, 2.24) is 9.27 Å². The highest BCUT2D eigenvalue weighted by Crippen LogP contribution is 2.38. The Morgan fingerprint density at radius 1 is 1.17 bits per heavy atom. The number of piperazine rings is 1. The van der Waals surface area contributed by atoms with Gasteiger partial charge in [-0.2, -0.15) is 4.37 Å². The van der Waals surface area contributed by atoms with Gasteiger partial charge in [-0.15, -0.1) is 0 Å². The number of carbonyl (C=O) groups is 1. The molecule has 2 aliphatic heterocycles. The van der Waals surface area contributed by atoms with Crippen LogP contribution in [-0.4, -0.2) is 47.9 Å². The fourth-order valence-electron chi connectivity index (χ4n) is 4.39. The summed E-state index contributed by atoms with van der Waals surface area (Å²) >= 11 is 1.55. The van der Waals surface area contributed by atoms with E-state index in [1.165, 1.54) is 16.2 Å². The zero-order valence-corrected chi connectivity index (χ0v) is 18.1. The molecule has 0 saturated carbocycles. The van der Waals surface area contributed by atoms with Crippen LogP contribution in [0.2, 0.25) is 0 Å². The summed E-state index contributed by atoms with van der Waals surface area (Å²) in [6.45, 7) is 8.29. The second kappa shape index (κ2) is 7.32. The molecule has 3 aromatic rings. The molecule has 30 heavy (non-hydrogen) atoms. The van der Waals surface area contributed by atoms with E-state index in [-0.39, 0.29) is 11.7 Å². The number of anilines is 2. The van der Waals surface area contributed by atoms with Crippen LogP contribution in [0.15, 0.2) is 36.4 Å². The summed E-state index contributed by atoms with van der Waals surface area (Å²) in [5.74, 6) is 0.776. The van der Waals surface area contributed by atoms with Gasteiger partial charge < -0.3 is 10.2 Å². The molecule has 1 N–H and O–H groups in total. The van der Waals surface area contributed by atoms with Crippen LogP contribution in [0.3, 0.4) is 0 Å². The first-order valence-electron chi connectivity index (χ1n) is 10.4. The molecular formula is C23H25FN4OS. The van der Waals surface area contributed by atoms with E-state index in [9.17, 15) is 9.18 Å². The molecule has 0 bridgehead atoms.